The van der Waals surface area contributed by atoms with Crippen molar-refractivity contribution in [2.24, 2.45) is 0 Å². The lowest BCUT2D eigenvalue weighted by Crippen LogP contribution is -2.20. The molecule has 0 radical (unpaired) electrons. The zero-order valence-corrected chi connectivity index (χ0v) is 8.54. The summed E-state index contributed by atoms with van der Waals surface area (Å²) in [6.07, 6.45) is 1.60. The van der Waals surface area contributed by atoms with E-state index >= 15 is 0 Å². The number of nitrogens with zero attached hydrogens (tertiary/aromatic N) is 1. The van der Waals surface area contributed by atoms with Crippen LogP contribution in [0.25, 0.3) is 17.0 Å². The van der Waals surface area contributed by atoms with Crippen LogP contribution < -0.4 is 0 Å². The third-order valence-corrected chi connectivity index (χ3v) is 2.86. The Balaban J connectivity index is 2.29. The lowest BCUT2D eigenvalue weighted by molar-refractivity contribution is 0.0443. The molecule has 3 nitrogen and oxygen atoms in total. The fourth-order valence-electron chi connectivity index (χ4n) is 1.99. The van der Waals surface area contributed by atoms with Crippen LogP contribution in [0.1, 0.15) is 17.4 Å². The summed E-state index contributed by atoms with van der Waals surface area (Å²) in [6, 6.07) is 9.71. The van der Waals surface area contributed by atoms with Crippen LogP contribution in [0.5, 0.6) is 0 Å². The van der Waals surface area contributed by atoms with Crippen molar-refractivity contribution >= 4 is 17.0 Å². The number of pyridine rings is 1. The molecule has 3 heteroatoms. The lowest BCUT2D eigenvalue weighted by Gasteiger charge is -2.21. The second-order valence-electron chi connectivity index (χ2n) is 3.95. The maximum absolute atomic E-state index is 9.83. The van der Waals surface area contributed by atoms with Gasteiger partial charge < -0.3 is 10.2 Å². The van der Waals surface area contributed by atoms with Gasteiger partial charge >= 0.3 is 0 Å². The molecule has 1 aromatic carbocycles. The highest BCUT2D eigenvalue weighted by atomic mass is 16.3. The minimum absolute atomic E-state index is 0.550. The van der Waals surface area contributed by atoms with Gasteiger partial charge in [0.1, 0.15) is 12.2 Å². The van der Waals surface area contributed by atoms with Crippen LogP contribution in [0.4, 0.5) is 0 Å². The van der Waals surface area contributed by atoms with Gasteiger partial charge in [-0.25, -0.2) is 4.98 Å². The average Bonchev–Trinajstić information content (AvgIpc) is 2.32. The molecule has 0 spiro atoms. The Hall–Kier alpha value is -1.71. The zero-order chi connectivity index (χ0) is 11.1. The summed E-state index contributed by atoms with van der Waals surface area (Å²) in [5, 5.41) is 20.4. The highest BCUT2D eigenvalue weighted by molar-refractivity contribution is 5.82. The standard InChI is InChI=1S/C13H11NO2/c15-11-6-5-9-7-8-3-1-2-4-10(8)14-12(9)13(11)16/h1-7,11,13,15-16H/t11-,13+/m0/s1. The molecule has 0 saturated carbocycles. The molecule has 1 aromatic heterocycles. The first-order valence-corrected chi connectivity index (χ1v) is 5.20. The quantitative estimate of drug-likeness (QED) is 0.699. The summed E-state index contributed by atoms with van der Waals surface area (Å²) in [5.41, 5.74) is 2.26. The van der Waals surface area contributed by atoms with Crippen molar-refractivity contribution in [1.29, 1.82) is 0 Å². The van der Waals surface area contributed by atoms with Crippen LogP contribution in [0, 0.1) is 0 Å². The molecule has 1 aliphatic carbocycles. The molecule has 3 rings (SSSR count). The smallest absolute Gasteiger partial charge is 0.126 e. The molecular formula is C13H11NO2. The molecule has 2 atom stereocenters. The Kier molecular flexibility index (Phi) is 2.02. The first-order valence-electron chi connectivity index (χ1n) is 5.20. The number of hydrogen-bond donors (Lipinski definition) is 2. The van der Waals surface area contributed by atoms with Gasteiger partial charge in [0, 0.05) is 5.39 Å². The van der Waals surface area contributed by atoms with E-state index in [1.807, 2.05) is 30.3 Å². The fraction of sp³-hybridized carbons (Fsp3) is 0.154. The van der Waals surface area contributed by atoms with Crippen molar-refractivity contribution in [2.75, 3.05) is 0 Å². The second kappa shape index (κ2) is 3.40. The van der Waals surface area contributed by atoms with Gasteiger partial charge in [-0.2, -0.15) is 0 Å². The first kappa shape index (κ1) is 9.51. The maximum Gasteiger partial charge on any atom is 0.126 e. The highest BCUT2D eigenvalue weighted by Gasteiger charge is 2.23. The summed E-state index contributed by atoms with van der Waals surface area (Å²) in [4.78, 5) is 4.39. The third-order valence-electron chi connectivity index (χ3n) is 2.86. The van der Waals surface area contributed by atoms with E-state index in [0.717, 1.165) is 16.5 Å². The average molecular weight is 213 g/mol. The second-order valence-corrected chi connectivity index (χ2v) is 3.95. The fourth-order valence-corrected chi connectivity index (χ4v) is 1.99. The molecule has 1 aliphatic rings. The lowest BCUT2D eigenvalue weighted by atomic mass is 9.96. The molecule has 0 unspecified atom stereocenters. The predicted molar refractivity (Wildman–Crippen MR) is 61.7 cm³/mol. The van der Waals surface area contributed by atoms with Crippen molar-refractivity contribution in [1.82, 2.24) is 4.98 Å². The number of hydrogen-bond acceptors (Lipinski definition) is 3. The molecule has 1 heterocycles. The van der Waals surface area contributed by atoms with E-state index in [9.17, 15) is 10.2 Å². The van der Waals surface area contributed by atoms with Crippen molar-refractivity contribution in [3.63, 3.8) is 0 Å². The Morgan fingerprint density at radius 2 is 1.94 bits per heavy atom. The SMILES string of the molecule is O[C@H]1C=Cc2cc3ccccc3nc2[C@@H]1O. The predicted octanol–water partition coefficient (Wildman–Crippen LogP) is 1.66. The molecule has 16 heavy (non-hydrogen) atoms. The summed E-state index contributed by atoms with van der Waals surface area (Å²) in [7, 11) is 0. The van der Waals surface area contributed by atoms with E-state index in [1.54, 1.807) is 12.2 Å². The number of aromatic nitrogens is 1. The summed E-state index contributed by atoms with van der Waals surface area (Å²) in [5.74, 6) is 0. The number of benzene rings is 1. The van der Waals surface area contributed by atoms with Gasteiger partial charge in [0.2, 0.25) is 0 Å². The summed E-state index contributed by atoms with van der Waals surface area (Å²) >= 11 is 0. The molecule has 0 amide bonds. The van der Waals surface area contributed by atoms with Crippen LogP contribution in [-0.4, -0.2) is 21.3 Å². The van der Waals surface area contributed by atoms with Gasteiger partial charge in [0.05, 0.1) is 11.2 Å². The van der Waals surface area contributed by atoms with E-state index in [-0.39, 0.29) is 0 Å². The maximum atomic E-state index is 9.83. The van der Waals surface area contributed by atoms with E-state index in [1.165, 1.54) is 0 Å². The van der Waals surface area contributed by atoms with Crippen molar-refractivity contribution in [3.05, 3.63) is 47.7 Å². The molecule has 0 aliphatic heterocycles. The first-order chi connectivity index (χ1) is 7.75. The van der Waals surface area contributed by atoms with Crippen LogP contribution in [0.3, 0.4) is 0 Å². The van der Waals surface area contributed by atoms with Crippen molar-refractivity contribution in [2.45, 2.75) is 12.2 Å². The Morgan fingerprint density at radius 1 is 1.12 bits per heavy atom. The Labute approximate surface area is 92.7 Å². The highest BCUT2D eigenvalue weighted by Crippen LogP contribution is 2.28. The summed E-state index contributed by atoms with van der Waals surface area (Å²) < 4.78 is 0. The van der Waals surface area contributed by atoms with E-state index < -0.39 is 12.2 Å². The molecule has 80 valence electrons. The number of aliphatic hydroxyl groups excluding tert-OH is 2. The van der Waals surface area contributed by atoms with Gasteiger partial charge in [-0.3, -0.25) is 0 Å². The Bertz CT molecular complexity index is 577. The van der Waals surface area contributed by atoms with Gasteiger partial charge in [0.25, 0.3) is 0 Å². The molecule has 0 bridgehead atoms. The van der Waals surface area contributed by atoms with Gasteiger partial charge in [-0.15, -0.1) is 0 Å². The van der Waals surface area contributed by atoms with E-state index in [4.69, 9.17) is 0 Å². The monoisotopic (exact) mass is 213 g/mol. The number of para-hydroxylation sites is 1. The van der Waals surface area contributed by atoms with E-state index in [0.29, 0.717) is 5.69 Å². The molecular weight excluding hydrogens is 202 g/mol. The minimum atomic E-state index is -0.926. The third kappa shape index (κ3) is 1.33. The van der Waals surface area contributed by atoms with Crippen LogP contribution in [0.15, 0.2) is 36.4 Å². The van der Waals surface area contributed by atoms with Gasteiger partial charge in [-0.05, 0) is 17.7 Å². The van der Waals surface area contributed by atoms with Crippen molar-refractivity contribution in [3.8, 4) is 0 Å². The molecule has 2 N–H and O–H groups in total. The van der Waals surface area contributed by atoms with Crippen LogP contribution in [-0.2, 0) is 0 Å². The molecule has 0 fully saturated rings. The molecule has 0 saturated heterocycles. The van der Waals surface area contributed by atoms with Gasteiger partial charge in [-0.1, -0.05) is 30.4 Å². The summed E-state index contributed by atoms with van der Waals surface area (Å²) in [6.45, 7) is 0. The number of rotatable bonds is 0. The Morgan fingerprint density at radius 3 is 2.81 bits per heavy atom. The molecule has 2 aromatic rings. The largest absolute Gasteiger partial charge is 0.386 e. The number of aliphatic hydroxyl groups is 2. The van der Waals surface area contributed by atoms with Crippen molar-refractivity contribution < 1.29 is 10.2 Å². The van der Waals surface area contributed by atoms with Crippen LogP contribution in [0.2, 0.25) is 0 Å². The van der Waals surface area contributed by atoms with E-state index in [2.05, 4.69) is 4.98 Å². The number of fused-ring (bicyclic) bond motifs is 2. The normalized spacial score (nSPS) is 23.4. The van der Waals surface area contributed by atoms with Gasteiger partial charge in [0.15, 0.2) is 0 Å². The topological polar surface area (TPSA) is 53.4 Å². The minimum Gasteiger partial charge on any atom is -0.386 e. The zero-order valence-electron chi connectivity index (χ0n) is 8.54. The van der Waals surface area contributed by atoms with Crippen LogP contribution >= 0.6 is 0 Å².